The fraction of sp³-hybridized carbons (Fsp3) is 0.588. The van der Waals surface area contributed by atoms with Gasteiger partial charge in [-0.1, -0.05) is 45.1 Å². The van der Waals surface area contributed by atoms with Crippen LogP contribution >= 0.6 is 11.8 Å². The highest BCUT2D eigenvalue weighted by atomic mass is 32.2. The molecule has 3 nitrogen and oxygen atoms in total. The number of hydrogen-bond acceptors (Lipinski definition) is 3. The van der Waals surface area contributed by atoms with Crippen LogP contribution in [0.4, 0.5) is 0 Å². The molecular weight excluding hydrogens is 282 g/mol. The monoisotopic (exact) mass is 309 g/mol. The van der Waals surface area contributed by atoms with Crippen LogP contribution in [0, 0.1) is 0 Å². The Morgan fingerprint density at radius 2 is 1.90 bits per heavy atom. The molecule has 21 heavy (non-hydrogen) atoms. The van der Waals surface area contributed by atoms with Crippen molar-refractivity contribution in [3.63, 3.8) is 0 Å². The standard InChI is InChI=1S/C17H27NO2S/c1-3-4-5-6-7-8-9-17(20)18-13-14-10-11-15(19)16(12-14)21-2/h10-12,19H,3-9,13H2,1-2H3,(H,18,20). The fourth-order valence-corrected chi connectivity index (χ4v) is 2.73. The summed E-state index contributed by atoms with van der Waals surface area (Å²) in [6.07, 6.45) is 9.72. The van der Waals surface area contributed by atoms with Crippen LogP contribution in [0.2, 0.25) is 0 Å². The van der Waals surface area contributed by atoms with E-state index in [4.69, 9.17) is 0 Å². The van der Waals surface area contributed by atoms with E-state index in [1.165, 1.54) is 37.4 Å². The number of carbonyl (C=O) groups is 1. The minimum absolute atomic E-state index is 0.115. The highest BCUT2D eigenvalue weighted by molar-refractivity contribution is 7.98. The average molecular weight is 309 g/mol. The molecular formula is C17H27NO2S. The number of phenolic OH excluding ortho intramolecular Hbond substituents is 1. The van der Waals surface area contributed by atoms with Gasteiger partial charge in [-0.2, -0.15) is 0 Å². The Hall–Kier alpha value is -1.16. The second-order valence-electron chi connectivity index (χ2n) is 5.30. The number of hydrogen-bond donors (Lipinski definition) is 2. The third-order valence-corrected chi connectivity index (χ3v) is 4.26. The van der Waals surface area contributed by atoms with Gasteiger partial charge in [-0.25, -0.2) is 0 Å². The molecule has 1 aromatic rings. The lowest BCUT2D eigenvalue weighted by molar-refractivity contribution is -0.121. The maximum Gasteiger partial charge on any atom is 0.220 e. The highest BCUT2D eigenvalue weighted by Gasteiger charge is 2.04. The molecule has 0 aliphatic carbocycles. The summed E-state index contributed by atoms with van der Waals surface area (Å²) >= 11 is 1.50. The van der Waals surface area contributed by atoms with Gasteiger partial charge >= 0.3 is 0 Å². The van der Waals surface area contributed by atoms with Crippen molar-refractivity contribution in [2.75, 3.05) is 6.26 Å². The van der Waals surface area contributed by atoms with Crippen LogP contribution in [0.25, 0.3) is 0 Å². The summed E-state index contributed by atoms with van der Waals surface area (Å²) < 4.78 is 0. The zero-order valence-electron chi connectivity index (χ0n) is 13.2. The number of carbonyl (C=O) groups excluding carboxylic acids is 1. The molecule has 0 atom stereocenters. The van der Waals surface area contributed by atoms with Crippen molar-refractivity contribution in [3.8, 4) is 5.75 Å². The van der Waals surface area contributed by atoms with E-state index in [2.05, 4.69) is 12.2 Å². The lowest BCUT2D eigenvalue weighted by Crippen LogP contribution is -2.22. The van der Waals surface area contributed by atoms with Gasteiger partial charge in [-0.05, 0) is 30.4 Å². The molecule has 0 spiro atoms. The molecule has 0 saturated heterocycles. The first-order valence-electron chi connectivity index (χ1n) is 7.80. The van der Waals surface area contributed by atoms with Crippen LogP contribution in [0.3, 0.4) is 0 Å². The SMILES string of the molecule is CCCCCCCCC(=O)NCc1ccc(O)c(SC)c1. The Balaban J connectivity index is 2.21. The molecule has 1 aromatic carbocycles. The highest BCUT2D eigenvalue weighted by Crippen LogP contribution is 2.27. The van der Waals surface area contributed by atoms with Crippen LogP contribution in [-0.2, 0) is 11.3 Å². The van der Waals surface area contributed by atoms with E-state index in [9.17, 15) is 9.90 Å². The van der Waals surface area contributed by atoms with Gasteiger partial charge in [-0.3, -0.25) is 4.79 Å². The molecule has 1 rings (SSSR count). The zero-order chi connectivity index (χ0) is 15.5. The molecule has 0 radical (unpaired) electrons. The predicted octanol–water partition coefficient (Wildman–Crippen LogP) is 4.48. The minimum atomic E-state index is 0.115. The first-order chi connectivity index (χ1) is 10.2. The van der Waals surface area contributed by atoms with Crippen molar-refractivity contribution in [1.29, 1.82) is 0 Å². The molecule has 0 heterocycles. The summed E-state index contributed by atoms with van der Waals surface area (Å²) in [5.41, 5.74) is 1.02. The fourth-order valence-electron chi connectivity index (χ4n) is 2.19. The Kier molecular flexibility index (Phi) is 8.99. The van der Waals surface area contributed by atoms with Crippen molar-refractivity contribution in [3.05, 3.63) is 23.8 Å². The van der Waals surface area contributed by atoms with E-state index in [-0.39, 0.29) is 5.91 Å². The quantitative estimate of drug-likeness (QED) is 0.495. The van der Waals surface area contributed by atoms with Crippen molar-refractivity contribution in [2.45, 2.75) is 63.3 Å². The van der Waals surface area contributed by atoms with Crippen LogP contribution < -0.4 is 5.32 Å². The molecule has 1 amide bonds. The molecule has 0 saturated carbocycles. The summed E-state index contributed by atoms with van der Waals surface area (Å²) in [6.45, 7) is 2.74. The van der Waals surface area contributed by atoms with Gasteiger partial charge < -0.3 is 10.4 Å². The van der Waals surface area contributed by atoms with Gasteiger partial charge in [0.1, 0.15) is 5.75 Å². The average Bonchev–Trinajstić information content (AvgIpc) is 2.50. The molecule has 118 valence electrons. The topological polar surface area (TPSA) is 49.3 Å². The van der Waals surface area contributed by atoms with Crippen LogP contribution in [0.15, 0.2) is 23.1 Å². The van der Waals surface area contributed by atoms with Gasteiger partial charge in [0.25, 0.3) is 0 Å². The smallest absolute Gasteiger partial charge is 0.220 e. The summed E-state index contributed by atoms with van der Waals surface area (Å²) in [5, 5.41) is 12.6. The third kappa shape index (κ3) is 7.42. The number of rotatable bonds is 10. The lowest BCUT2D eigenvalue weighted by Gasteiger charge is -2.08. The van der Waals surface area contributed by atoms with Crippen LogP contribution in [0.1, 0.15) is 57.4 Å². The van der Waals surface area contributed by atoms with Gasteiger partial charge in [0.2, 0.25) is 5.91 Å². The van der Waals surface area contributed by atoms with Crippen molar-refractivity contribution < 1.29 is 9.90 Å². The number of benzene rings is 1. The Bertz CT molecular complexity index is 435. The van der Waals surface area contributed by atoms with Gasteiger partial charge in [-0.15, -0.1) is 11.8 Å². The number of amides is 1. The lowest BCUT2D eigenvalue weighted by atomic mass is 10.1. The first-order valence-corrected chi connectivity index (χ1v) is 9.02. The van der Waals surface area contributed by atoms with Gasteiger partial charge in [0.15, 0.2) is 0 Å². The van der Waals surface area contributed by atoms with Crippen molar-refractivity contribution in [2.24, 2.45) is 0 Å². The Morgan fingerprint density at radius 1 is 1.19 bits per heavy atom. The maximum atomic E-state index is 11.8. The second-order valence-corrected chi connectivity index (χ2v) is 6.15. The zero-order valence-corrected chi connectivity index (χ0v) is 14.0. The first kappa shape index (κ1) is 17.9. The normalized spacial score (nSPS) is 10.6. The van der Waals surface area contributed by atoms with E-state index in [0.29, 0.717) is 18.7 Å². The van der Waals surface area contributed by atoms with Crippen molar-refractivity contribution in [1.82, 2.24) is 5.32 Å². The molecule has 0 bridgehead atoms. The van der Waals surface area contributed by atoms with Gasteiger partial charge in [0, 0.05) is 17.9 Å². The molecule has 0 fully saturated rings. The number of thioether (sulfide) groups is 1. The molecule has 0 aliphatic heterocycles. The van der Waals surface area contributed by atoms with E-state index < -0.39 is 0 Å². The van der Waals surface area contributed by atoms with E-state index in [0.717, 1.165) is 23.3 Å². The van der Waals surface area contributed by atoms with Crippen LogP contribution in [-0.4, -0.2) is 17.3 Å². The Morgan fingerprint density at radius 3 is 2.62 bits per heavy atom. The number of phenols is 1. The number of nitrogens with one attached hydrogen (secondary N) is 1. The Labute approximate surface area is 132 Å². The summed E-state index contributed by atoms with van der Waals surface area (Å²) in [4.78, 5) is 12.6. The van der Waals surface area contributed by atoms with Crippen molar-refractivity contribution >= 4 is 17.7 Å². The summed E-state index contributed by atoms with van der Waals surface area (Å²) in [7, 11) is 0. The summed E-state index contributed by atoms with van der Waals surface area (Å²) in [5.74, 6) is 0.411. The van der Waals surface area contributed by atoms with Crippen LogP contribution in [0.5, 0.6) is 5.75 Å². The van der Waals surface area contributed by atoms with E-state index in [1.54, 1.807) is 6.07 Å². The summed E-state index contributed by atoms with van der Waals surface area (Å²) in [6, 6.07) is 5.45. The molecule has 2 N–H and O–H groups in total. The largest absolute Gasteiger partial charge is 0.507 e. The third-order valence-electron chi connectivity index (χ3n) is 3.49. The molecule has 0 aliphatic rings. The van der Waals surface area contributed by atoms with E-state index in [1.807, 2.05) is 18.4 Å². The minimum Gasteiger partial charge on any atom is -0.507 e. The second kappa shape index (κ2) is 10.6. The number of aromatic hydroxyl groups is 1. The van der Waals surface area contributed by atoms with E-state index >= 15 is 0 Å². The van der Waals surface area contributed by atoms with Gasteiger partial charge in [0.05, 0.1) is 0 Å². The number of unbranched alkanes of at least 4 members (excludes halogenated alkanes) is 5. The molecule has 4 heteroatoms. The maximum absolute atomic E-state index is 11.8. The molecule has 0 aromatic heterocycles. The predicted molar refractivity (Wildman–Crippen MR) is 89.7 cm³/mol. The molecule has 0 unspecified atom stereocenters.